The first-order valence-electron chi connectivity index (χ1n) is 9.36. The number of ether oxygens (including phenoxy) is 3. The number of esters is 2. The van der Waals surface area contributed by atoms with Crippen LogP contribution in [-0.2, 0) is 20.8 Å². The molecule has 0 atom stereocenters. The molecule has 29 heavy (non-hydrogen) atoms. The van der Waals surface area contributed by atoms with Crippen molar-refractivity contribution >= 4 is 17.7 Å². The first kappa shape index (κ1) is 22.4. The highest BCUT2D eigenvalue weighted by molar-refractivity contribution is 6.02. The minimum atomic E-state index is -0.692. The molecule has 0 radical (unpaired) electrons. The Morgan fingerprint density at radius 2 is 1.76 bits per heavy atom. The first-order chi connectivity index (χ1) is 13.7. The van der Waals surface area contributed by atoms with E-state index in [1.807, 2.05) is 13.8 Å². The van der Waals surface area contributed by atoms with Crippen LogP contribution in [0.25, 0.3) is 0 Å². The average Bonchev–Trinajstić information content (AvgIpc) is 3.15. The molecule has 0 aromatic carbocycles. The number of nitrogens with zero attached hydrogens (tertiary/aromatic N) is 1. The molecule has 0 aliphatic carbocycles. The molecule has 0 saturated heterocycles. The normalized spacial score (nSPS) is 10.8. The van der Waals surface area contributed by atoms with E-state index in [1.165, 1.54) is 7.11 Å². The van der Waals surface area contributed by atoms with Crippen molar-refractivity contribution in [2.24, 2.45) is 0 Å². The SMILES string of the molecule is COCCCn1c(C)cc(C(=O)COC(=O)c2[nH]c(C)c(C(=O)OC)c2C)c1C. The number of aromatic amines is 1. The van der Waals surface area contributed by atoms with E-state index >= 15 is 0 Å². The molecule has 0 amide bonds. The minimum absolute atomic E-state index is 0.140. The number of H-pyrrole nitrogens is 1. The third-order valence-electron chi connectivity index (χ3n) is 4.97. The summed E-state index contributed by atoms with van der Waals surface area (Å²) in [6.45, 7) is 8.10. The van der Waals surface area contributed by atoms with E-state index < -0.39 is 11.9 Å². The van der Waals surface area contributed by atoms with Crippen LogP contribution in [0, 0.1) is 27.7 Å². The zero-order chi connectivity index (χ0) is 21.7. The summed E-state index contributed by atoms with van der Waals surface area (Å²) < 4.78 is 17.1. The van der Waals surface area contributed by atoms with Crippen molar-refractivity contribution < 1.29 is 28.6 Å². The summed E-state index contributed by atoms with van der Waals surface area (Å²) in [6, 6.07) is 1.80. The molecule has 8 nitrogen and oxygen atoms in total. The maximum Gasteiger partial charge on any atom is 0.355 e. The standard InChI is InChI=1S/C21H28N2O6/c1-12-10-16(15(4)23(12)8-7-9-27-5)17(24)11-29-21(26)19-13(2)18(14(3)22-19)20(25)28-6/h10,22H,7-9,11H2,1-6H3. The number of Topliss-reactive ketones (excluding diaryl/α,β-unsaturated/α-hetero) is 1. The van der Waals surface area contributed by atoms with E-state index in [-0.39, 0.29) is 18.1 Å². The van der Waals surface area contributed by atoms with Gasteiger partial charge in [-0.15, -0.1) is 0 Å². The molecule has 1 N–H and O–H groups in total. The Labute approximate surface area is 170 Å². The van der Waals surface area contributed by atoms with E-state index in [1.54, 1.807) is 27.0 Å². The third kappa shape index (κ3) is 4.76. The average molecular weight is 404 g/mol. The molecule has 0 spiro atoms. The molecule has 158 valence electrons. The molecular formula is C21H28N2O6. The monoisotopic (exact) mass is 404 g/mol. The van der Waals surface area contributed by atoms with Crippen molar-refractivity contribution in [2.45, 2.75) is 40.7 Å². The Morgan fingerprint density at radius 3 is 2.38 bits per heavy atom. The molecule has 0 aliphatic heterocycles. The topological polar surface area (TPSA) is 99.6 Å². The Kier molecular flexibility index (Phi) is 7.39. The van der Waals surface area contributed by atoms with Crippen LogP contribution in [0.1, 0.15) is 60.3 Å². The lowest BCUT2D eigenvalue weighted by atomic mass is 10.1. The van der Waals surface area contributed by atoms with Gasteiger partial charge in [-0.1, -0.05) is 0 Å². The van der Waals surface area contributed by atoms with Crippen LogP contribution in [0.2, 0.25) is 0 Å². The molecule has 2 rings (SSSR count). The van der Waals surface area contributed by atoms with E-state index in [0.29, 0.717) is 29.0 Å². The van der Waals surface area contributed by atoms with Crippen molar-refractivity contribution in [3.63, 3.8) is 0 Å². The molecule has 2 aromatic heterocycles. The number of nitrogens with one attached hydrogen (secondary N) is 1. The van der Waals surface area contributed by atoms with Crippen LogP contribution in [-0.4, -0.2) is 54.7 Å². The molecule has 8 heteroatoms. The number of aromatic nitrogens is 2. The highest BCUT2D eigenvalue weighted by atomic mass is 16.5. The van der Waals surface area contributed by atoms with E-state index in [0.717, 1.165) is 24.4 Å². The van der Waals surface area contributed by atoms with Crippen molar-refractivity contribution in [3.05, 3.63) is 45.5 Å². The molecule has 0 bridgehead atoms. The van der Waals surface area contributed by atoms with Gasteiger partial charge in [-0.3, -0.25) is 4.79 Å². The van der Waals surface area contributed by atoms with Crippen LogP contribution >= 0.6 is 0 Å². The third-order valence-corrected chi connectivity index (χ3v) is 4.97. The van der Waals surface area contributed by atoms with Crippen molar-refractivity contribution in [1.82, 2.24) is 9.55 Å². The molecule has 0 unspecified atom stereocenters. The number of ketones is 1. The minimum Gasteiger partial charge on any atom is -0.465 e. The lowest BCUT2D eigenvalue weighted by Crippen LogP contribution is -2.16. The summed E-state index contributed by atoms with van der Waals surface area (Å²) in [5.74, 6) is -1.51. The first-order valence-corrected chi connectivity index (χ1v) is 9.36. The molecular weight excluding hydrogens is 376 g/mol. The van der Waals surface area contributed by atoms with Crippen LogP contribution in [0.3, 0.4) is 0 Å². The summed E-state index contributed by atoms with van der Waals surface area (Å²) in [6.07, 6.45) is 0.837. The van der Waals surface area contributed by atoms with Gasteiger partial charge in [0.25, 0.3) is 0 Å². The van der Waals surface area contributed by atoms with Gasteiger partial charge in [-0.2, -0.15) is 0 Å². The van der Waals surface area contributed by atoms with Gasteiger partial charge in [0, 0.05) is 42.9 Å². The van der Waals surface area contributed by atoms with Crippen LogP contribution < -0.4 is 0 Å². The largest absolute Gasteiger partial charge is 0.465 e. The Hall–Kier alpha value is -2.87. The van der Waals surface area contributed by atoms with Crippen molar-refractivity contribution in [1.29, 1.82) is 0 Å². The second kappa shape index (κ2) is 9.56. The lowest BCUT2D eigenvalue weighted by Gasteiger charge is -2.09. The number of hydrogen-bond acceptors (Lipinski definition) is 6. The molecule has 2 heterocycles. The molecule has 0 saturated carbocycles. The second-order valence-corrected chi connectivity index (χ2v) is 6.90. The fraction of sp³-hybridized carbons (Fsp3) is 0.476. The maximum atomic E-state index is 12.6. The number of methoxy groups -OCH3 is 2. The maximum absolute atomic E-state index is 12.6. The van der Waals surface area contributed by atoms with Gasteiger partial charge in [0.1, 0.15) is 5.69 Å². The Morgan fingerprint density at radius 1 is 1.07 bits per heavy atom. The summed E-state index contributed by atoms with van der Waals surface area (Å²) >= 11 is 0. The number of aryl methyl sites for hydroxylation is 2. The van der Waals surface area contributed by atoms with Gasteiger partial charge < -0.3 is 23.8 Å². The van der Waals surface area contributed by atoms with Crippen LogP contribution in [0.5, 0.6) is 0 Å². The predicted molar refractivity (Wildman–Crippen MR) is 107 cm³/mol. The number of carbonyl (C=O) groups excluding carboxylic acids is 3. The van der Waals surface area contributed by atoms with E-state index in [4.69, 9.17) is 14.2 Å². The van der Waals surface area contributed by atoms with Crippen molar-refractivity contribution in [3.8, 4) is 0 Å². The van der Waals surface area contributed by atoms with Gasteiger partial charge in [0.05, 0.1) is 12.7 Å². The summed E-state index contributed by atoms with van der Waals surface area (Å²) in [7, 11) is 2.93. The zero-order valence-electron chi connectivity index (χ0n) is 17.8. The van der Waals surface area contributed by atoms with Gasteiger partial charge in [0.2, 0.25) is 5.78 Å². The Bertz CT molecular complexity index is 922. The highest BCUT2D eigenvalue weighted by Gasteiger charge is 2.24. The lowest BCUT2D eigenvalue weighted by molar-refractivity contribution is 0.0468. The van der Waals surface area contributed by atoms with Crippen molar-refractivity contribution in [2.75, 3.05) is 27.4 Å². The molecule has 0 aliphatic rings. The number of carbonyl (C=O) groups is 3. The van der Waals surface area contributed by atoms with Gasteiger partial charge in [-0.05, 0) is 45.7 Å². The highest BCUT2D eigenvalue weighted by Crippen LogP contribution is 2.20. The molecule has 0 fully saturated rings. The smallest absolute Gasteiger partial charge is 0.355 e. The Balaban J connectivity index is 2.09. The van der Waals surface area contributed by atoms with Gasteiger partial charge in [0.15, 0.2) is 6.61 Å². The van der Waals surface area contributed by atoms with Gasteiger partial charge in [-0.25, -0.2) is 9.59 Å². The van der Waals surface area contributed by atoms with E-state index in [2.05, 4.69) is 9.55 Å². The van der Waals surface area contributed by atoms with Gasteiger partial charge >= 0.3 is 11.9 Å². The molecule has 2 aromatic rings. The number of rotatable bonds is 9. The summed E-state index contributed by atoms with van der Waals surface area (Å²) in [5, 5.41) is 0. The second-order valence-electron chi connectivity index (χ2n) is 6.90. The van der Waals surface area contributed by atoms with E-state index in [9.17, 15) is 14.4 Å². The summed E-state index contributed by atoms with van der Waals surface area (Å²) in [4.78, 5) is 39.7. The fourth-order valence-corrected chi connectivity index (χ4v) is 3.44. The number of hydrogen-bond donors (Lipinski definition) is 1. The quantitative estimate of drug-likeness (QED) is 0.392. The predicted octanol–water partition coefficient (Wildman–Crippen LogP) is 2.91. The van der Waals surface area contributed by atoms with Crippen LogP contribution in [0.4, 0.5) is 0 Å². The zero-order valence-corrected chi connectivity index (χ0v) is 17.8. The summed E-state index contributed by atoms with van der Waals surface area (Å²) in [5.41, 5.74) is 3.70. The fourth-order valence-electron chi connectivity index (χ4n) is 3.44. The van der Waals surface area contributed by atoms with Crippen LogP contribution in [0.15, 0.2) is 6.07 Å².